The molecule has 0 bridgehead atoms. The smallest absolute Gasteiger partial charge is 0.254 e. The summed E-state index contributed by atoms with van der Waals surface area (Å²) in [5.74, 6) is 1.79. The van der Waals surface area contributed by atoms with Crippen LogP contribution < -0.4 is 5.32 Å². The van der Waals surface area contributed by atoms with E-state index >= 15 is 0 Å². The van der Waals surface area contributed by atoms with Crippen LogP contribution in [-0.2, 0) is 19.5 Å². The molecule has 0 saturated carbocycles. The number of pyridine rings is 1. The Bertz CT molecular complexity index is 960. The van der Waals surface area contributed by atoms with E-state index in [2.05, 4.69) is 37.1 Å². The predicted molar refractivity (Wildman–Crippen MR) is 105 cm³/mol. The first kappa shape index (κ1) is 18.3. The van der Waals surface area contributed by atoms with Gasteiger partial charge in [-0.3, -0.25) is 14.5 Å². The van der Waals surface area contributed by atoms with Gasteiger partial charge in [0.05, 0.1) is 11.8 Å². The van der Waals surface area contributed by atoms with Crippen LogP contribution in [0.3, 0.4) is 0 Å². The second kappa shape index (κ2) is 7.92. The van der Waals surface area contributed by atoms with Gasteiger partial charge in [-0.15, -0.1) is 10.2 Å². The van der Waals surface area contributed by atoms with Gasteiger partial charge in [0.15, 0.2) is 5.82 Å². The fourth-order valence-electron chi connectivity index (χ4n) is 3.72. The van der Waals surface area contributed by atoms with Gasteiger partial charge < -0.3 is 9.88 Å². The lowest BCUT2D eigenvalue weighted by Crippen LogP contribution is -2.35. The number of rotatable bonds is 5. The molecule has 4 heterocycles. The maximum atomic E-state index is 12.8. The Balaban J connectivity index is 1.45. The molecule has 4 rings (SSSR count). The van der Waals surface area contributed by atoms with Crippen molar-refractivity contribution in [1.29, 1.82) is 0 Å². The summed E-state index contributed by atoms with van der Waals surface area (Å²) >= 11 is 0. The molecule has 8 heteroatoms. The summed E-state index contributed by atoms with van der Waals surface area (Å²) in [4.78, 5) is 16.8. The zero-order valence-corrected chi connectivity index (χ0v) is 16.3. The molecule has 3 aromatic rings. The third kappa shape index (κ3) is 3.54. The average molecular weight is 379 g/mol. The van der Waals surface area contributed by atoms with Crippen LogP contribution in [0.1, 0.15) is 48.1 Å². The topological polar surface area (TPSA) is 90.5 Å². The molecule has 1 aliphatic rings. The molecule has 8 nitrogen and oxygen atoms in total. The van der Waals surface area contributed by atoms with Gasteiger partial charge in [0.2, 0.25) is 0 Å². The normalized spacial score (nSPS) is 16.4. The molecule has 0 aromatic carbocycles. The minimum atomic E-state index is -0.0446. The number of amides is 1. The highest BCUT2D eigenvalue weighted by molar-refractivity contribution is 5.95. The van der Waals surface area contributed by atoms with E-state index in [4.69, 9.17) is 0 Å². The molecule has 1 amide bonds. The lowest BCUT2D eigenvalue weighted by molar-refractivity contribution is 0.0932. The molecule has 0 fully saturated rings. The summed E-state index contributed by atoms with van der Waals surface area (Å²) in [7, 11) is 0. The number of aromatic nitrogens is 6. The van der Waals surface area contributed by atoms with Gasteiger partial charge in [-0.25, -0.2) is 0 Å². The predicted octanol–water partition coefficient (Wildman–Crippen LogP) is 2.39. The van der Waals surface area contributed by atoms with Crippen LogP contribution in [0.2, 0.25) is 0 Å². The molecule has 3 aromatic heterocycles. The Kier molecular flexibility index (Phi) is 5.18. The number of carbonyl (C=O) groups is 1. The summed E-state index contributed by atoms with van der Waals surface area (Å²) in [6.07, 6.45) is 8.67. The maximum Gasteiger partial charge on any atom is 0.254 e. The monoisotopic (exact) mass is 379 g/mol. The van der Waals surface area contributed by atoms with Crippen molar-refractivity contribution in [3.8, 4) is 11.4 Å². The molecule has 28 heavy (non-hydrogen) atoms. The molecule has 1 unspecified atom stereocenters. The van der Waals surface area contributed by atoms with E-state index in [9.17, 15) is 4.79 Å². The molecule has 0 radical (unpaired) electrons. The maximum absolute atomic E-state index is 12.8. The summed E-state index contributed by atoms with van der Waals surface area (Å²) in [6, 6.07) is 3.99. The van der Waals surface area contributed by atoms with Gasteiger partial charge in [0, 0.05) is 49.2 Å². The number of carbonyl (C=O) groups excluding carboxylic acids is 1. The van der Waals surface area contributed by atoms with Crippen molar-refractivity contribution < 1.29 is 4.79 Å². The van der Waals surface area contributed by atoms with Gasteiger partial charge in [-0.1, -0.05) is 6.92 Å². The van der Waals surface area contributed by atoms with Crippen LogP contribution in [0.5, 0.6) is 0 Å². The summed E-state index contributed by atoms with van der Waals surface area (Å²) < 4.78 is 4.05. The molecule has 0 spiro atoms. The zero-order valence-electron chi connectivity index (χ0n) is 16.3. The van der Waals surface area contributed by atoms with Crippen molar-refractivity contribution in [2.45, 2.75) is 58.7 Å². The summed E-state index contributed by atoms with van der Waals surface area (Å²) in [6.45, 7) is 5.66. The van der Waals surface area contributed by atoms with Crippen molar-refractivity contribution in [2.24, 2.45) is 0 Å². The highest BCUT2D eigenvalue weighted by Gasteiger charge is 2.23. The highest BCUT2D eigenvalue weighted by Crippen LogP contribution is 2.22. The van der Waals surface area contributed by atoms with Crippen molar-refractivity contribution in [2.75, 3.05) is 0 Å². The van der Waals surface area contributed by atoms with E-state index < -0.39 is 0 Å². The van der Waals surface area contributed by atoms with Crippen molar-refractivity contribution in [3.63, 3.8) is 0 Å². The molecular formula is C20H25N7O. The van der Waals surface area contributed by atoms with E-state index in [1.165, 1.54) is 0 Å². The van der Waals surface area contributed by atoms with Crippen molar-refractivity contribution in [3.05, 3.63) is 47.8 Å². The first-order chi connectivity index (χ1) is 13.7. The molecule has 0 aliphatic carbocycles. The van der Waals surface area contributed by atoms with E-state index in [1.54, 1.807) is 18.6 Å². The summed E-state index contributed by atoms with van der Waals surface area (Å²) in [5.41, 5.74) is 2.59. The number of nitrogens with zero attached hydrogens (tertiary/aromatic N) is 6. The van der Waals surface area contributed by atoms with E-state index in [1.807, 2.05) is 23.7 Å². The third-order valence-electron chi connectivity index (χ3n) is 5.30. The second-order valence-electron chi connectivity index (χ2n) is 7.19. The van der Waals surface area contributed by atoms with Gasteiger partial charge >= 0.3 is 0 Å². The Hall–Kier alpha value is -3.03. The molecule has 1 atom stereocenters. The third-order valence-corrected chi connectivity index (χ3v) is 5.30. The highest BCUT2D eigenvalue weighted by atomic mass is 16.1. The number of hydrogen-bond donors (Lipinski definition) is 1. The fourth-order valence-corrected chi connectivity index (χ4v) is 3.72. The van der Waals surface area contributed by atoms with Gasteiger partial charge in [0.25, 0.3) is 5.91 Å². The van der Waals surface area contributed by atoms with Crippen LogP contribution >= 0.6 is 0 Å². The van der Waals surface area contributed by atoms with Crippen molar-refractivity contribution in [1.82, 2.24) is 34.8 Å². The van der Waals surface area contributed by atoms with E-state index in [0.29, 0.717) is 5.56 Å². The molecule has 1 aliphatic heterocycles. The van der Waals surface area contributed by atoms with Gasteiger partial charge in [-0.05, 0) is 38.3 Å². The second-order valence-corrected chi connectivity index (χ2v) is 7.19. The Morgan fingerprint density at radius 3 is 2.86 bits per heavy atom. The fraction of sp³-hybridized carbons (Fsp3) is 0.450. The molecule has 1 N–H and O–H groups in total. The van der Waals surface area contributed by atoms with Gasteiger partial charge in [0.1, 0.15) is 5.82 Å². The Morgan fingerprint density at radius 2 is 2.07 bits per heavy atom. The van der Waals surface area contributed by atoms with E-state index in [-0.39, 0.29) is 11.9 Å². The summed E-state index contributed by atoms with van der Waals surface area (Å²) in [5, 5.41) is 16.3. The number of hydrogen-bond acceptors (Lipinski definition) is 5. The molecular weight excluding hydrogens is 354 g/mol. The minimum absolute atomic E-state index is 0.0446. The Morgan fingerprint density at radius 1 is 1.25 bits per heavy atom. The SMILES string of the molecule is CCCn1ncc(C(=O)NC2CCc3nnc(-c4ccncc4)n3CC2)c1C. The van der Waals surface area contributed by atoms with Gasteiger partial charge in [-0.2, -0.15) is 5.10 Å². The van der Waals surface area contributed by atoms with Crippen molar-refractivity contribution >= 4 is 5.91 Å². The average Bonchev–Trinajstić information content (AvgIpc) is 3.22. The molecule has 0 saturated heterocycles. The first-order valence-electron chi connectivity index (χ1n) is 9.83. The lowest BCUT2D eigenvalue weighted by Gasteiger charge is -2.16. The quantitative estimate of drug-likeness (QED) is 0.735. The lowest BCUT2D eigenvalue weighted by atomic mass is 10.1. The van der Waals surface area contributed by atoms with Crippen LogP contribution in [0, 0.1) is 6.92 Å². The standard InChI is InChI=1S/C20H25N7O/c1-3-11-27-14(2)17(13-22-27)20(28)23-16-4-5-18-24-25-19(26(18)12-8-16)15-6-9-21-10-7-15/h6-7,9-10,13,16H,3-5,8,11-12H2,1-2H3,(H,23,28). The van der Waals surface area contributed by atoms with E-state index in [0.717, 1.165) is 61.7 Å². The minimum Gasteiger partial charge on any atom is -0.349 e. The first-order valence-corrected chi connectivity index (χ1v) is 9.83. The number of fused-ring (bicyclic) bond motifs is 1. The number of nitrogens with one attached hydrogen (secondary N) is 1. The number of aryl methyl sites for hydroxylation is 2. The van der Waals surface area contributed by atoms with Crippen LogP contribution in [0.15, 0.2) is 30.7 Å². The van der Waals surface area contributed by atoms with Crippen LogP contribution in [-0.4, -0.2) is 41.5 Å². The van der Waals surface area contributed by atoms with Crippen LogP contribution in [0.4, 0.5) is 0 Å². The zero-order chi connectivity index (χ0) is 19.5. The van der Waals surface area contributed by atoms with Crippen LogP contribution in [0.25, 0.3) is 11.4 Å². The Labute approximate surface area is 164 Å². The molecule has 146 valence electrons. The largest absolute Gasteiger partial charge is 0.349 e.